The van der Waals surface area contributed by atoms with Crippen molar-refractivity contribution in [3.8, 4) is 11.5 Å². The number of benzene rings is 3. The van der Waals surface area contributed by atoms with Crippen LogP contribution in [0.15, 0.2) is 78.9 Å². The van der Waals surface area contributed by atoms with Crippen molar-refractivity contribution < 1.29 is 19.1 Å². The summed E-state index contributed by atoms with van der Waals surface area (Å²) in [4.78, 5) is 28.9. The fraction of sp³-hybridized carbons (Fsp3) is 0.333. The average Bonchev–Trinajstić information content (AvgIpc) is 2.84. The fourth-order valence-electron chi connectivity index (χ4n) is 3.97. The summed E-state index contributed by atoms with van der Waals surface area (Å²) in [6.07, 6.45) is 0.384. The van der Waals surface area contributed by atoms with E-state index in [9.17, 15) is 9.59 Å². The lowest BCUT2D eigenvalue weighted by molar-refractivity contribution is -0.143. The molecule has 0 aromatic heterocycles. The SMILES string of the molecule is COc1ccccc1OCC(=O)N(Cc1cccc(C)c1)[C@@H](Cc1ccccc1)C(=O)NC(C)(C)C. The van der Waals surface area contributed by atoms with Gasteiger partial charge in [0.25, 0.3) is 5.91 Å². The Labute approximate surface area is 214 Å². The van der Waals surface area contributed by atoms with E-state index in [1.807, 2.05) is 94.4 Å². The third kappa shape index (κ3) is 7.87. The maximum Gasteiger partial charge on any atom is 0.261 e. The minimum absolute atomic E-state index is 0.204. The Morgan fingerprint density at radius 1 is 0.889 bits per heavy atom. The van der Waals surface area contributed by atoms with E-state index in [2.05, 4.69) is 5.32 Å². The van der Waals surface area contributed by atoms with Crippen molar-refractivity contribution in [2.24, 2.45) is 0 Å². The zero-order chi connectivity index (χ0) is 26.1. The number of para-hydroxylation sites is 2. The average molecular weight is 489 g/mol. The largest absolute Gasteiger partial charge is 0.493 e. The van der Waals surface area contributed by atoms with Gasteiger partial charge in [-0.1, -0.05) is 72.3 Å². The van der Waals surface area contributed by atoms with Crippen LogP contribution in [-0.2, 0) is 22.6 Å². The molecule has 2 amide bonds. The van der Waals surface area contributed by atoms with Gasteiger partial charge in [-0.05, 0) is 51.0 Å². The first-order valence-corrected chi connectivity index (χ1v) is 12.1. The summed E-state index contributed by atoms with van der Waals surface area (Å²) < 4.78 is 11.2. The second-order valence-electron chi connectivity index (χ2n) is 9.89. The van der Waals surface area contributed by atoms with Gasteiger partial charge in [0, 0.05) is 18.5 Å². The molecule has 0 saturated heterocycles. The molecule has 0 aliphatic carbocycles. The molecule has 6 heteroatoms. The number of aryl methyl sites for hydroxylation is 1. The van der Waals surface area contributed by atoms with Crippen LogP contribution >= 0.6 is 0 Å². The number of nitrogens with one attached hydrogen (secondary N) is 1. The van der Waals surface area contributed by atoms with Crippen molar-refractivity contribution >= 4 is 11.8 Å². The maximum atomic E-state index is 13.7. The van der Waals surface area contributed by atoms with Crippen LogP contribution in [0.4, 0.5) is 0 Å². The van der Waals surface area contributed by atoms with E-state index in [1.165, 1.54) is 0 Å². The van der Waals surface area contributed by atoms with Crippen LogP contribution in [0.3, 0.4) is 0 Å². The summed E-state index contributed by atoms with van der Waals surface area (Å²) in [5.74, 6) is 0.529. The number of carbonyl (C=O) groups is 2. The Bertz CT molecular complexity index is 1150. The molecule has 0 saturated carbocycles. The zero-order valence-corrected chi connectivity index (χ0v) is 21.8. The van der Waals surface area contributed by atoms with E-state index in [1.54, 1.807) is 24.1 Å². The zero-order valence-electron chi connectivity index (χ0n) is 21.8. The smallest absolute Gasteiger partial charge is 0.261 e. The van der Waals surface area contributed by atoms with E-state index < -0.39 is 11.6 Å². The van der Waals surface area contributed by atoms with Crippen molar-refractivity contribution in [3.63, 3.8) is 0 Å². The molecule has 0 aliphatic heterocycles. The lowest BCUT2D eigenvalue weighted by atomic mass is 10.0. The van der Waals surface area contributed by atoms with Gasteiger partial charge in [-0.3, -0.25) is 9.59 Å². The molecule has 3 rings (SSSR count). The Balaban J connectivity index is 1.94. The van der Waals surface area contributed by atoms with E-state index in [4.69, 9.17) is 9.47 Å². The first kappa shape index (κ1) is 26.8. The third-order valence-corrected chi connectivity index (χ3v) is 5.62. The van der Waals surface area contributed by atoms with Crippen molar-refractivity contribution in [1.82, 2.24) is 10.2 Å². The molecule has 0 spiro atoms. The molecule has 0 aliphatic rings. The van der Waals surface area contributed by atoms with Crippen molar-refractivity contribution in [2.75, 3.05) is 13.7 Å². The van der Waals surface area contributed by atoms with Crippen LogP contribution in [0.2, 0.25) is 0 Å². The van der Waals surface area contributed by atoms with Gasteiger partial charge in [0.2, 0.25) is 5.91 Å². The van der Waals surface area contributed by atoms with Gasteiger partial charge in [0.05, 0.1) is 7.11 Å². The number of hydrogen-bond acceptors (Lipinski definition) is 4. The third-order valence-electron chi connectivity index (χ3n) is 5.62. The minimum Gasteiger partial charge on any atom is -0.493 e. The molecule has 3 aromatic carbocycles. The van der Waals surface area contributed by atoms with Crippen LogP contribution in [0.1, 0.15) is 37.5 Å². The molecule has 0 unspecified atom stereocenters. The predicted octanol–water partition coefficient (Wildman–Crippen LogP) is 4.94. The summed E-state index contributed by atoms with van der Waals surface area (Å²) >= 11 is 0. The molecule has 0 heterocycles. The standard InChI is InChI=1S/C30H36N2O4/c1-22-12-11-15-24(18-22)20-32(28(33)21-36-27-17-10-9-16-26(27)35-5)25(29(34)31-30(2,3)4)19-23-13-7-6-8-14-23/h6-18,25H,19-21H2,1-5H3,(H,31,34)/t25-/m0/s1. The number of ether oxygens (including phenoxy) is 2. The Morgan fingerprint density at radius 3 is 2.17 bits per heavy atom. The molecule has 0 bridgehead atoms. The van der Waals surface area contributed by atoms with Crippen LogP contribution in [-0.4, -0.2) is 42.0 Å². The van der Waals surface area contributed by atoms with Gasteiger partial charge in [-0.2, -0.15) is 0 Å². The van der Waals surface area contributed by atoms with Crippen LogP contribution in [0, 0.1) is 6.92 Å². The molecule has 1 N–H and O–H groups in total. The summed E-state index contributed by atoms with van der Waals surface area (Å²) in [5, 5.41) is 3.07. The fourth-order valence-corrected chi connectivity index (χ4v) is 3.97. The minimum atomic E-state index is -0.721. The van der Waals surface area contributed by atoms with Gasteiger partial charge < -0.3 is 19.7 Å². The molecule has 36 heavy (non-hydrogen) atoms. The van der Waals surface area contributed by atoms with Crippen LogP contribution in [0.25, 0.3) is 0 Å². The summed E-state index contributed by atoms with van der Waals surface area (Å²) in [6.45, 7) is 7.87. The number of nitrogens with zero attached hydrogens (tertiary/aromatic N) is 1. The van der Waals surface area contributed by atoms with E-state index >= 15 is 0 Å². The molecule has 6 nitrogen and oxygen atoms in total. The molecule has 0 radical (unpaired) electrons. The van der Waals surface area contributed by atoms with Crippen molar-refractivity contribution in [3.05, 3.63) is 95.6 Å². The molecule has 0 fully saturated rings. The molecular weight excluding hydrogens is 452 g/mol. The highest BCUT2D eigenvalue weighted by Crippen LogP contribution is 2.26. The number of carbonyl (C=O) groups excluding carboxylic acids is 2. The summed E-state index contributed by atoms with van der Waals surface area (Å²) in [5.41, 5.74) is 2.56. The number of amides is 2. The van der Waals surface area contributed by atoms with E-state index in [0.29, 0.717) is 17.9 Å². The van der Waals surface area contributed by atoms with Gasteiger partial charge in [0.1, 0.15) is 6.04 Å². The lowest BCUT2D eigenvalue weighted by Gasteiger charge is -2.34. The Hall–Kier alpha value is -3.80. The Morgan fingerprint density at radius 2 is 1.53 bits per heavy atom. The maximum absolute atomic E-state index is 13.7. The topological polar surface area (TPSA) is 67.9 Å². The summed E-state index contributed by atoms with van der Waals surface area (Å²) in [6, 6.07) is 24.2. The van der Waals surface area contributed by atoms with Crippen LogP contribution in [0.5, 0.6) is 11.5 Å². The normalized spacial score (nSPS) is 11.9. The van der Waals surface area contributed by atoms with Gasteiger partial charge in [0.15, 0.2) is 18.1 Å². The quantitative estimate of drug-likeness (QED) is 0.439. The van der Waals surface area contributed by atoms with Gasteiger partial charge in [-0.25, -0.2) is 0 Å². The molecular formula is C30H36N2O4. The number of hydrogen-bond donors (Lipinski definition) is 1. The van der Waals surface area contributed by atoms with Crippen molar-refractivity contribution in [1.29, 1.82) is 0 Å². The highest BCUT2D eigenvalue weighted by molar-refractivity contribution is 5.89. The van der Waals surface area contributed by atoms with E-state index in [-0.39, 0.29) is 25.0 Å². The Kier molecular flexibility index (Phi) is 9.12. The summed E-state index contributed by atoms with van der Waals surface area (Å²) in [7, 11) is 1.56. The van der Waals surface area contributed by atoms with Gasteiger partial charge in [-0.15, -0.1) is 0 Å². The monoisotopic (exact) mass is 488 g/mol. The second-order valence-corrected chi connectivity index (χ2v) is 9.89. The molecule has 1 atom stereocenters. The highest BCUT2D eigenvalue weighted by Gasteiger charge is 2.32. The number of rotatable bonds is 10. The predicted molar refractivity (Wildman–Crippen MR) is 142 cm³/mol. The van der Waals surface area contributed by atoms with Crippen molar-refractivity contribution in [2.45, 2.75) is 52.2 Å². The van der Waals surface area contributed by atoms with E-state index in [0.717, 1.165) is 16.7 Å². The molecule has 190 valence electrons. The van der Waals surface area contributed by atoms with Gasteiger partial charge >= 0.3 is 0 Å². The van der Waals surface area contributed by atoms with Crippen LogP contribution < -0.4 is 14.8 Å². The molecule has 3 aromatic rings. The first-order valence-electron chi connectivity index (χ1n) is 12.1. The lowest BCUT2D eigenvalue weighted by Crippen LogP contribution is -2.55. The first-order chi connectivity index (χ1) is 17.2. The highest BCUT2D eigenvalue weighted by atomic mass is 16.5. The second kappa shape index (κ2) is 12.2. The number of methoxy groups -OCH3 is 1.